The van der Waals surface area contributed by atoms with Gasteiger partial charge in [0, 0.05) is 16.2 Å². The molecule has 1 heterocycles. The Bertz CT molecular complexity index is 1620. The van der Waals surface area contributed by atoms with Gasteiger partial charge in [0.15, 0.2) is 0 Å². The van der Waals surface area contributed by atoms with E-state index in [0.717, 1.165) is 29.8 Å². The summed E-state index contributed by atoms with van der Waals surface area (Å²) in [6.07, 6.45) is 3.52. The highest BCUT2D eigenvalue weighted by molar-refractivity contribution is 7.89. The van der Waals surface area contributed by atoms with Crippen LogP contribution in [0.5, 0.6) is 0 Å². The van der Waals surface area contributed by atoms with E-state index in [2.05, 4.69) is 26.0 Å². The number of sulfonamides is 1. The summed E-state index contributed by atoms with van der Waals surface area (Å²) in [7, 11) is -3.77. The third-order valence-electron chi connectivity index (χ3n) is 6.90. The summed E-state index contributed by atoms with van der Waals surface area (Å²) in [6, 6.07) is 27.9. The summed E-state index contributed by atoms with van der Waals surface area (Å²) in [5.41, 5.74) is 4.27. The van der Waals surface area contributed by atoms with Crippen LogP contribution in [0.1, 0.15) is 46.9 Å². The Morgan fingerprint density at radius 2 is 1.39 bits per heavy atom. The monoisotopic (exact) mass is 608 g/mol. The van der Waals surface area contributed by atoms with Gasteiger partial charge in [-0.15, -0.1) is 0 Å². The number of fused-ring (bicyclic) bond motifs is 1. The number of rotatable bonds is 7. The van der Waals surface area contributed by atoms with Crippen LogP contribution in [0, 0.1) is 0 Å². The molecule has 0 fully saturated rings. The van der Waals surface area contributed by atoms with Crippen molar-refractivity contribution in [3.63, 3.8) is 0 Å². The van der Waals surface area contributed by atoms with Crippen molar-refractivity contribution in [2.24, 2.45) is 0 Å². The Kier molecular flexibility index (Phi) is 9.89. The molecule has 0 saturated heterocycles. The highest BCUT2D eigenvalue weighted by Crippen LogP contribution is 2.39. The normalized spacial score (nSPS) is 14.3. The molecule has 41 heavy (non-hydrogen) atoms. The average Bonchev–Trinajstić information content (AvgIpc) is 2.98. The first-order valence-corrected chi connectivity index (χ1v) is 15.3. The predicted molar refractivity (Wildman–Crippen MR) is 162 cm³/mol. The summed E-state index contributed by atoms with van der Waals surface area (Å²) < 4.78 is 28.6. The quantitative estimate of drug-likeness (QED) is 0.306. The number of hydrogen-bond acceptors (Lipinski definition) is 4. The fourth-order valence-corrected chi connectivity index (χ4v) is 6.42. The first-order chi connectivity index (χ1) is 19.6. The van der Waals surface area contributed by atoms with Crippen LogP contribution in [0.4, 0.5) is 5.69 Å². The molecular weight excluding hydrogens is 579 g/mol. The number of benzene rings is 4. The van der Waals surface area contributed by atoms with Crippen molar-refractivity contribution in [3.8, 4) is 0 Å². The Morgan fingerprint density at radius 3 is 1.95 bits per heavy atom. The zero-order valence-corrected chi connectivity index (χ0v) is 25.0. The van der Waals surface area contributed by atoms with Crippen LogP contribution in [-0.4, -0.2) is 31.8 Å². The Labute approximate surface area is 251 Å². The molecule has 0 aromatic heterocycles. The Morgan fingerprint density at radius 1 is 0.829 bits per heavy atom. The van der Waals surface area contributed by atoms with Gasteiger partial charge in [-0.3, -0.25) is 4.31 Å². The van der Waals surface area contributed by atoms with Crippen molar-refractivity contribution >= 4 is 51.0 Å². The number of nitrogens with one attached hydrogen (secondary N) is 1. The van der Waals surface area contributed by atoms with E-state index in [1.165, 1.54) is 39.2 Å². The SMILES string of the molecule is CC[NH+](CC)c1ccc(C2c3ccccc3C=CN2S(=O)(=O)c2ccc(Cl)cc2)cc1.O=C([O-])c1ccc(Cl)cc1. The molecule has 1 aliphatic rings. The standard InChI is InChI=1S/C25H25ClN2O2S.C7H5ClO2/c1-3-27(4-2)22-13-9-20(10-14-22)25-24-8-6-5-7-19(24)17-18-28(25)31(29,30)23-15-11-21(26)12-16-23;8-6-3-1-5(2-4-6)7(9)10/h5-18,25H,3-4H2,1-2H3;1-4H,(H,9,10). The fraction of sp³-hybridized carbons (Fsp3) is 0.156. The molecule has 0 spiro atoms. The van der Waals surface area contributed by atoms with Gasteiger partial charge in [-0.05, 0) is 90.7 Å². The van der Waals surface area contributed by atoms with E-state index in [9.17, 15) is 18.3 Å². The van der Waals surface area contributed by atoms with Gasteiger partial charge < -0.3 is 14.8 Å². The summed E-state index contributed by atoms with van der Waals surface area (Å²) in [5.74, 6) is -1.18. The number of nitrogens with zero attached hydrogens (tertiary/aromatic N) is 1. The van der Waals surface area contributed by atoms with Gasteiger partial charge in [0.25, 0.3) is 10.0 Å². The van der Waals surface area contributed by atoms with Gasteiger partial charge >= 0.3 is 0 Å². The molecule has 4 aromatic rings. The lowest BCUT2D eigenvalue weighted by atomic mass is 9.92. The van der Waals surface area contributed by atoms with E-state index in [1.54, 1.807) is 30.5 Å². The van der Waals surface area contributed by atoms with Gasteiger partial charge in [-0.1, -0.05) is 71.7 Å². The van der Waals surface area contributed by atoms with Crippen molar-refractivity contribution in [1.82, 2.24) is 4.31 Å². The molecule has 6 nitrogen and oxygen atoms in total. The first-order valence-electron chi connectivity index (χ1n) is 13.1. The number of quaternary nitrogens is 1. The van der Waals surface area contributed by atoms with Crippen LogP contribution in [-0.2, 0) is 10.0 Å². The van der Waals surface area contributed by atoms with Crippen molar-refractivity contribution in [1.29, 1.82) is 0 Å². The zero-order valence-electron chi connectivity index (χ0n) is 22.6. The minimum Gasteiger partial charge on any atom is -0.545 e. The van der Waals surface area contributed by atoms with Gasteiger partial charge in [0.2, 0.25) is 0 Å². The van der Waals surface area contributed by atoms with Crippen LogP contribution in [0.25, 0.3) is 6.08 Å². The Hall–Kier alpha value is -3.62. The maximum atomic E-state index is 13.6. The maximum absolute atomic E-state index is 13.6. The van der Waals surface area contributed by atoms with Crippen molar-refractivity contribution in [2.75, 3.05) is 13.1 Å². The molecule has 9 heteroatoms. The summed E-state index contributed by atoms with van der Waals surface area (Å²) in [6.45, 7) is 6.33. The number of carbonyl (C=O) groups excluding carboxylic acids is 1. The van der Waals surface area contributed by atoms with E-state index in [4.69, 9.17) is 23.2 Å². The Balaban J connectivity index is 0.000000328. The van der Waals surface area contributed by atoms with Crippen molar-refractivity contribution < 1.29 is 23.2 Å². The zero-order chi connectivity index (χ0) is 29.6. The average molecular weight is 610 g/mol. The molecule has 212 valence electrons. The van der Waals surface area contributed by atoms with Gasteiger partial charge in [0.05, 0.1) is 30.0 Å². The minimum absolute atomic E-state index is 0.143. The molecule has 0 amide bonds. The van der Waals surface area contributed by atoms with Gasteiger partial charge in [-0.25, -0.2) is 8.42 Å². The lowest BCUT2D eigenvalue weighted by Crippen LogP contribution is -3.06. The topological polar surface area (TPSA) is 82.0 Å². The van der Waals surface area contributed by atoms with E-state index in [1.807, 2.05) is 42.5 Å². The molecule has 1 atom stereocenters. The number of carboxylic acids is 1. The van der Waals surface area contributed by atoms with Gasteiger partial charge in [0.1, 0.15) is 5.69 Å². The number of carbonyl (C=O) groups is 1. The molecule has 0 radical (unpaired) electrons. The van der Waals surface area contributed by atoms with Crippen LogP contribution in [0.3, 0.4) is 0 Å². The summed E-state index contributed by atoms with van der Waals surface area (Å²) >= 11 is 11.5. The number of aromatic carboxylic acids is 1. The van der Waals surface area contributed by atoms with E-state index >= 15 is 0 Å². The van der Waals surface area contributed by atoms with Crippen LogP contribution in [0.2, 0.25) is 10.0 Å². The number of carboxylic acid groups (broad SMARTS) is 1. The molecule has 4 aromatic carbocycles. The molecule has 0 aliphatic carbocycles. The second-order valence-electron chi connectivity index (χ2n) is 9.36. The molecule has 0 saturated carbocycles. The highest BCUT2D eigenvalue weighted by Gasteiger charge is 2.34. The maximum Gasteiger partial charge on any atom is 0.264 e. The summed E-state index contributed by atoms with van der Waals surface area (Å²) in [5, 5.41) is 11.2. The van der Waals surface area contributed by atoms with Gasteiger partial charge in [-0.2, -0.15) is 0 Å². The molecule has 0 bridgehead atoms. The molecule has 1 unspecified atom stereocenters. The second-order valence-corrected chi connectivity index (χ2v) is 12.1. The molecule has 5 rings (SSSR count). The highest BCUT2D eigenvalue weighted by atomic mass is 35.5. The third-order valence-corrected chi connectivity index (χ3v) is 9.16. The van der Waals surface area contributed by atoms with E-state index < -0.39 is 22.0 Å². The van der Waals surface area contributed by atoms with Crippen LogP contribution < -0.4 is 10.0 Å². The minimum atomic E-state index is -3.77. The largest absolute Gasteiger partial charge is 0.545 e. The number of hydrogen-bond donors (Lipinski definition) is 1. The molecular formula is C32H30Cl2N2O4S. The van der Waals surface area contributed by atoms with Crippen molar-refractivity contribution in [2.45, 2.75) is 24.8 Å². The van der Waals surface area contributed by atoms with Crippen LogP contribution >= 0.6 is 23.2 Å². The third kappa shape index (κ3) is 7.00. The fourth-order valence-electron chi connectivity index (χ4n) is 4.71. The van der Waals surface area contributed by atoms with E-state index in [0.29, 0.717) is 10.0 Å². The predicted octanol–water partition coefficient (Wildman–Crippen LogP) is 5.36. The van der Waals surface area contributed by atoms with Crippen LogP contribution in [0.15, 0.2) is 108 Å². The van der Waals surface area contributed by atoms with Crippen molar-refractivity contribution in [3.05, 3.63) is 136 Å². The lowest BCUT2D eigenvalue weighted by molar-refractivity contribution is -0.828. The number of halogens is 2. The first kappa shape index (κ1) is 30.3. The summed E-state index contributed by atoms with van der Waals surface area (Å²) in [4.78, 5) is 11.8. The molecule has 1 aliphatic heterocycles. The second kappa shape index (κ2) is 13.4. The van der Waals surface area contributed by atoms with E-state index in [-0.39, 0.29) is 10.5 Å². The molecule has 1 N–H and O–H groups in total. The lowest BCUT2D eigenvalue weighted by Gasteiger charge is -2.34. The smallest absolute Gasteiger partial charge is 0.264 e.